The molecule has 4 nitrogen and oxygen atoms in total. The molecule has 12 heavy (non-hydrogen) atoms. The van der Waals surface area contributed by atoms with Gasteiger partial charge in [0, 0.05) is 13.6 Å². The van der Waals surface area contributed by atoms with E-state index in [-0.39, 0.29) is 13.0 Å². The minimum atomic E-state index is -0.247. The Morgan fingerprint density at radius 2 is 2.25 bits per heavy atom. The summed E-state index contributed by atoms with van der Waals surface area (Å²) in [5.41, 5.74) is 0. The van der Waals surface area contributed by atoms with Crippen molar-refractivity contribution in [3.63, 3.8) is 0 Å². The van der Waals surface area contributed by atoms with Crippen LogP contribution in [0.1, 0.15) is 20.3 Å². The number of nitrogens with zero attached hydrogens (tertiary/aromatic N) is 2. The van der Waals surface area contributed by atoms with Crippen molar-refractivity contribution in [1.29, 1.82) is 0 Å². The standard InChI is InChI=1S/C8H18N2O2/c1-4-8(12-7-11)10(3)6-9-5-2/h6,8,11H,4-5,7H2,1-3H3/b9-6-. The van der Waals surface area contributed by atoms with Gasteiger partial charge in [-0.15, -0.1) is 0 Å². The monoisotopic (exact) mass is 174 g/mol. The van der Waals surface area contributed by atoms with E-state index in [1.807, 2.05) is 25.8 Å². The zero-order valence-electron chi connectivity index (χ0n) is 8.03. The summed E-state index contributed by atoms with van der Waals surface area (Å²) in [6.45, 7) is 4.48. The molecule has 0 aliphatic heterocycles. The molecule has 0 saturated carbocycles. The first kappa shape index (κ1) is 11.4. The first-order valence-corrected chi connectivity index (χ1v) is 4.20. The van der Waals surface area contributed by atoms with Crippen LogP contribution in [-0.4, -0.2) is 43.0 Å². The van der Waals surface area contributed by atoms with Gasteiger partial charge in [-0.2, -0.15) is 0 Å². The summed E-state index contributed by atoms with van der Waals surface area (Å²) in [7, 11) is 1.88. The number of rotatable bonds is 6. The molecule has 0 spiro atoms. The molecule has 4 heteroatoms. The molecule has 0 saturated heterocycles. The zero-order chi connectivity index (χ0) is 9.40. The molecule has 0 amide bonds. The van der Waals surface area contributed by atoms with E-state index in [1.165, 1.54) is 0 Å². The van der Waals surface area contributed by atoms with Gasteiger partial charge in [0.1, 0.15) is 13.0 Å². The maximum absolute atomic E-state index is 8.55. The van der Waals surface area contributed by atoms with Gasteiger partial charge in [-0.25, -0.2) is 0 Å². The van der Waals surface area contributed by atoms with E-state index >= 15 is 0 Å². The molecule has 0 aliphatic carbocycles. The lowest BCUT2D eigenvalue weighted by Crippen LogP contribution is -2.32. The second-order valence-corrected chi connectivity index (χ2v) is 2.44. The summed E-state index contributed by atoms with van der Waals surface area (Å²) in [6, 6.07) is 0. The topological polar surface area (TPSA) is 45.1 Å². The Hall–Kier alpha value is -0.610. The average Bonchev–Trinajstić information content (AvgIpc) is 2.10. The van der Waals surface area contributed by atoms with Gasteiger partial charge in [-0.05, 0) is 13.3 Å². The number of aliphatic hydroxyl groups excluding tert-OH is 1. The molecule has 0 aliphatic rings. The van der Waals surface area contributed by atoms with Crippen molar-refractivity contribution in [2.75, 3.05) is 20.4 Å². The summed E-state index contributed by atoms with van der Waals surface area (Å²) in [4.78, 5) is 5.91. The van der Waals surface area contributed by atoms with Crippen molar-refractivity contribution in [3.05, 3.63) is 0 Å². The fourth-order valence-corrected chi connectivity index (χ4v) is 0.894. The Balaban J connectivity index is 3.84. The van der Waals surface area contributed by atoms with E-state index in [1.54, 1.807) is 6.34 Å². The van der Waals surface area contributed by atoms with Gasteiger partial charge in [0.2, 0.25) is 0 Å². The van der Waals surface area contributed by atoms with Crippen LogP contribution in [0.2, 0.25) is 0 Å². The van der Waals surface area contributed by atoms with Crippen LogP contribution in [0.15, 0.2) is 4.99 Å². The van der Waals surface area contributed by atoms with Crippen LogP contribution in [0.25, 0.3) is 0 Å². The highest BCUT2D eigenvalue weighted by molar-refractivity contribution is 5.54. The van der Waals surface area contributed by atoms with Crippen LogP contribution in [-0.2, 0) is 4.74 Å². The van der Waals surface area contributed by atoms with Gasteiger partial charge >= 0.3 is 0 Å². The van der Waals surface area contributed by atoms with Gasteiger partial charge in [-0.1, -0.05) is 6.92 Å². The average molecular weight is 174 g/mol. The molecule has 1 atom stereocenters. The molecule has 1 N–H and O–H groups in total. The van der Waals surface area contributed by atoms with E-state index in [4.69, 9.17) is 9.84 Å². The number of aliphatic hydroxyl groups is 1. The normalized spacial score (nSPS) is 13.7. The maximum atomic E-state index is 8.55. The second-order valence-electron chi connectivity index (χ2n) is 2.44. The van der Waals surface area contributed by atoms with Crippen LogP contribution in [0.3, 0.4) is 0 Å². The smallest absolute Gasteiger partial charge is 0.146 e. The van der Waals surface area contributed by atoms with Crippen LogP contribution < -0.4 is 0 Å². The highest BCUT2D eigenvalue weighted by Crippen LogP contribution is 2.00. The summed E-state index contributed by atoms with van der Waals surface area (Å²) >= 11 is 0. The molecular weight excluding hydrogens is 156 g/mol. The minimum absolute atomic E-state index is 0.0784. The lowest BCUT2D eigenvalue weighted by Gasteiger charge is -2.23. The fourth-order valence-electron chi connectivity index (χ4n) is 0.894. The molecule has 0 radical (unpaired) electrons. The Morgan fingerprint density at radius 1 is 1.58 bits per heavy atom. The predicted molar refractivity (Wildman–Crippen MR) is 49.0 cm³/mol. The molecule has 0 bridgehead atoms. The number of hydrogen-bond donors (Lipinski definition) is 1. The summed E-state index contributed by atoms with van der Waals surface area (Å²) < 4.78 is 5.04. The Bertz CT molecular complexity index is 128. The zero-order valence-corrected chi connectivity index (χ0v) is 8.03. The maximum Gasteiger partial charge on any atom is 0.146 e. The summed E-state index contributed by atoms with van der Waals surface area (Å²) in [5, 5.41) is 8.55. The van der Waals surface area contributed by atoms with E-state index in [2.05, 4.69) is 4.99 Å². The Kier molecular flexibility index (Phi) is 6.70. The van der Waals surface area contributed by atoms with Crippen molar-refractivity contribution >= 4 is 6.34 Å². The van der Waals surface area contributed by atoms with Gasteiger partial charge in [0.15, 0.2) is 0 Å². The van der Waals surface area contributed by atoms with E-state index < -0.39 is 0 Å². The number of aliphatic imine (C=N–C) groups is 1. The van der Waals surface area contributed by atoms with Crippen LogP contribution in [0.5, 0.6) is 0 Å². The lowest BCUT2D eigenvalue weighted by molar-refractivity contribution is -0.0919. The van der Waals surface area contributed by atoms with Gasteiger partial charge < -0.3 is 14.7 Å². The predicted octanol–water partition coefficient (Wildman–Crippen LogP) is 0.669. The van der Waals surface area contributed by atoms with Gasteiger partial charge in [0.25, 0.3) is 0 Å². The van der Waals surface area contributed by atoms with Gasteiger partial charge in [-0.3, -0.25) is 4.99 Å². The number of ether oxygens (including phenoxy) is 1. The largest absolute Gasteiger partial charge is 0.371 e. The number of hydrogen-bond acceptors (Lipinski definition) is 3. The van der Waals surface area contributed by atoms with Crippen molar-refractivity contribution in [3.8, 4) is 0 Å². The second kappa shape index (κ2) is 7.06. The Labute approximate surface area is 73.9 Å². The molecule has 0 fully saturated rings. The van der Waals surface area contributed by atoms with Gasteiger partial charge in [0.05, 0.1) is 6.34 Å². The minimum Gasteiger partial charge on any atom is -0.371 e. The SMILES string of the molecule is CC/N=C\N(C)C(CC)OCO. The van der Waals surface area contributed by atoms with Crippen LogP contribution in [0.4, 0.5) is 0 Å². The molecule has 72 valence electrons. The third kappa shape index (κ3) is 4.31. The quantitative estimate of drug-likeness (QED) is 0.365. The first-order valence-electron chi connectivity index (χ1n) is 4.20. The molecule has 0 heterocycles. The summed E-state index contributed by atoms with van der Waals surface area (Å²) in [6.07, 6.45) is 2.47. The molecule has 0 aromatic rings. The van der Waals surface area contributed by atoms with E-state index in [9.17, 15) is 0 Å². The van der Waals surface area contributed by atoms with E-state index in [0.717, 1.165) is 13.0 Å². The van der Waals surface area contributed by atoms with Crippen molar-refractivity contribution in [2.24, 2.45) is 4.99 Å². The molecule has 0 aromatic heterocycles. The first-order chi connectivity index (χ1) is 5.76. The third-order valence-electron chi connectivity index (χ3n) is 1.52. The van der Waals surface area contributed by atoms with E-state index in [0.29, 0.717) is 0 Å². The lowest BCUT2D eigenvalue weighted by atomic mass is 10.4. The van der Waals surface area contributed by atoms with Crippen molar-refractivity contribution < 1.29 is 9.84 Å². The highest BCUT2D eigenvalue weighted by Gasteiger charge is 2.08. The summed E-state index contributed by atoms with van der Waals surface area (Å²) in [5.74, 6) is 0. The van der Waals surface area contributed by atoms with Crippen molar-refractivity contribution in [1.82, 2.24) is 4.90 Å². The fraction of sp³-hybridized carbons (Fsp3) is 0.875. The third-order valence-corrected chi connectivity index (χ3v) is 1.52. The molecule has 1 unspecified atom stereocenters. The van der Waals surface area contributed by atoms with Crippen LogP contribution >= 0.6 is 0 Å². The highest BCUT2D eigenvalue weighted by atomic mass is 16.6. The Morgan fingerprint density at radius 3 is 2.67 bits per heavy atom. The van der Waals surface area contributed by atoms with Crippen molar-refractivity contribution in [2.45, 2.75) is 26.5 Å². The molecule has 0 aromatic carbocycles. The molecule has 0 rings (SSSR count). The van der Waals surface area contributed by atoms with Crippen LogP contribution in [0, 0.1) is 0 Å². The molecular formula is C8H18N2O2.